The molecule has 7 nitrogen and oxygen atoms in total. The van der Waals surface area contributed by atoms with Crippen LogP contribution in [0.4, 0.5) is 0 Å². The molecular formula is C20H28N4O3. The lowest BCUT2D eigenvalue weighted by Crippen LogP contribution is -2.29. The zero-order valence-corrected chi connectivity index (χ0v) is 15.9. The summed E-state index contributed by atoms with van der Waals surface area (Å²) in [5.41, 5.74) is 0.571. The van der Waals surface area contributed by atoms with Gasteiger partial charge in [-0.05, 0) is 49.9 Å². The van der Waals surface area contributed by atoms with Crippen molar-refractivity contribution in [3.05, 3.63) is 46.1 Å². The van der Waals surface area contributed by atoms with Crippen LogP contribution in [0.2, 0.25) is 0 Å². The fraction of sp³-hybridized carbons (Fsp3) is 0.550. The second-order valence-corrected chi connectivity index (χ2v) is 6.87. The number of unbranched alkanes of at least 4 members (excludes halogenated alkanes) is 1. The minimum Gasteiger partial charge on any atom is -0.494 e. The van der Waals surface area contributed by atoms with E-state index in [0.717, 1.165) is 50.2 Å². The SMILES string of the molecule is CCCCOc1ccc(C(=O)NCCCn2nc3n(c2=O)CCCC3)cc1. The largest absolute Gasteiger partial charge is 0.494 e. The maximum Gasteiger partial charge on any atom is 0.345 e. The molecule has 2 heterocycles. The van der Waals surface area contributed by atoms with Gasteiger partial charge in [-0.1, -0.05) is 13.3 Å². The minimum absolute atomic E-state index is 0.0327. The number of ether oxygens (including phenoxy) is 1. The fourth-order valence-electron chi connectivity index (χ4n) is 3.16. The van der Waals surface area contributed by atoms with Gasteiger partial charge in [0, 0.05) is 31.6 Å². The molecule has 0 radical (unpaired) electrons. The number of nitrogens with one attached hydrogen (secondary N) is 1. The molecule has 0 bridgehead atoms. The standard InChI is InChI=1S/C20H28N4O3/c1-2-3-15-27-17-10-8-16(9-11-17)19(25)21-12-6-14-24-20(26)23-13-5-4-7-18(23)22-24/h8-11H,2-7,12-15H2,1H3,(H,21,25). The summed E-state index contributed by atoms with van der Waals surface area (Å²) in [6.45, 7) is 4.60. The fourth-order valence-corrected chi connectivity index (χ4v) is 3.16. The van der Waals surface area contributed by atoms with Gasteiger partial charge < -0.3 is 10.1 Å². The van der Waals surface area contributed by atoms with Crippen molar-refractivity contribution in [1.29, 1.82) is 0 Å². The van der Waals surface area contributed by atoms with E-state index in [1.807, 2.05) is 12.1 Å². The van der Waals surface area contributed by atoms with Crippen LogP contribution in [-0.4, -0.2) is 33.4 Å². The Balaban J connectivity index is 1.43. The van der Waals surface area contributed by atoms with Crippen LogP contribution in [0.1, 0.15) is 55.2 Å². The Labute approximate surface area is 159 Å². The molecular weight excluding hydrogens is 344 g/mol. The summed E-state index contributed by atoms with van der Waals surface area (Å²) in [6.07, 6.45) is 5.78. The molecule has 1 aliphatic heterocycles. The average Bonchev–Trinajstić information content (AvgIpc) is 3.02. The zero-order chi connectivity index (χ0) is 19.1. The molecule has 27 heavy (non-hydrogen) atoms. The van der Waals surface area contributed by atoms with Crippen molar-refractivity contribution in [3.63, 3.8) is 0 Å². The van der Waals surface area contributed by atoms with Crippen LogP contribution in [0.3, 0.4) is 0 Å². The number of rotatable bonds is 9. The molecule has 3 rings (SSSR count). The average molecular weight is 372 g/mol. The predicted octanol–water partition coefficient (Wildman–Crippen LogP) is 2.38. The van der Waals surface area contributed by atoms with Gasteiger partial charge in [-0.3, -0.25) is 9.36 Å². The molecule has 2 aromatic rings. The summed E-state index contributed by atoms with van der Waals surface area (Å²) in [5.74, 6) is 1.55. The Kier molecular flexibility index (Phi) is 6.68. The van der Waals surface area contributed by atoms with Gasteiger partial charge in [-0.15, -0.1) is 0 Å². The zero-order valence-electron chi connectivity index (χ0n) is 15.9. The van der Waals surface area contributed by atoms with Crippen molar-refractivity contribution in [2.75, 3.05) is 13.2 Å². The molecule has 7 heteroatoms. The molecule has 0 fully saturated rings. The number of hydrogen-bond donors (Lipinski definition) is 1. The molecule has 1 N–H and O–H groups in total. The summed E-state index contributed by atoms with van der Waals surface area (Å²) < 4.78 is 8.89. The molecule has 146 valence electrons. The maximum atomic E-state index is 12.3. The van der Waals surface area contributed by atoms with Crippen LogP contribution < -0.4 is 15.7 Å². The Bertz CT molecular complexity index is 808. The molecule has 0 saturated heterocycles. The first-order valence-corrected chi connectivity index (χ1v) is 9.86. The molecule has 0 saturated carbocycles. The molecule has 0 unspecified atom stereocenters. The van der Waals surface area contributed by atoms with Gasteiger partial charge in [0.2, 0.25) is 0 Å². The van der Waals surface area contributed by atoms with E-state index in [2.05, 4.69) is 17.3 Å². The van der Waals surface area contributed by atoms with Gasteiger partial charge in [-0.2, -0.15) is 5.10 Å². The van der Waals surface area contributed by atoms with E-state index in [4.69, 9.17) is 4.74 Å². The number of fused-ring (bicyclic) bond motifs is 1. The van der Waals surface area contributed by atoms with Crippen LogP contribution >= 0.6 is 0 Å². The number of hydrogen-bond acceptors (Lipinski definition) is 4. The second kappa shape index (κ2) is 9.39. The van der Waals surface area contributed by atoms with Crippen molar-refractivity contribution in [2.24, 2.45) is 0 Å². The number of carbonyl (C=O) groups is 1. The van der Waals surface area contributed by atoms with E-state index < -0.39 is 0 Å². The molecule has 1 amide bonds. The summed E-state index contributed by atoms with van der Waals surface area (Å²) >= 11 is 0. The van der Waals surface area contributed by atoms with Crippen molar-refractivity contribution in [2.45, 2.75) is 58.5 Å². The van der Waals surface area contributed by atoms with Gasteiger partial charge >= 0.3 is 5.69 Å². The molecule has 1 aromatic heterocycles. The Morgan fingerprint density at radius 1 is 1.22 bits per heavy atom. The number of benzene rings is 1. The number of amides is 1. The lowest BCUT2D eigenvalue weighted by atomic mass is 10.2. The first-order chi connectivity index (χ1) is 13.2. The van der Waals surface area contributed by atoms with Crippen molar-refractivity contribution in [3.8, 4) is 5.75 Å². The lowest BCUT2D eigenvalue weighted by Gasteiger charge is -2.09. The third kappa shape index (κ3) is 4.99. The highest BCUT2D eigenvalue weighted by molar-refractivity contribution is 5.94. The molecule has 0 atom stereocenters. The third-order valence-corrected chi connectivity index (χ3v) is 4.75. The van der Waals surface area contributed by atoms with Crippen LogP contribution in [0.15, 0.2) is 29.1 Å². The monoisotopic (exact) mass is 372 g/mol. The first-order valence-electron chi connectivity index (χ1n) is 9.86. The molecule has 1 aliphatic rings. The van der Waals surface area contributed by atoms with E-state index in [1.54, 1.807) is 16.7 Å². The summed E-state index contributed by atoms with van der Waals surface area (Å²) in [7, 11) is 0. The first kappa shape index (κ1) is 19.2. The van der Waals surface area contributed by atoms with E-state index in [-0.39, 0.29) is 11.6 Å². The van der Waals surface area contributed by atoms with Gasteiger partial charge in [0.05, 0.1) is 6.61 Å². The van der Waals surface area contributed by atoms with Gasteiger partial charge in [-0.25, -0.2) is 9.48 Å². The van der Waals surface area contributed by atoms with Gasteiger partial charge in [0.25, 0.3) is 5.91 Å². The number of nitrogens with zero attached hydrogens (tertiary/aromatic N) is 3. The van der Waals surface area contributed by atoms with E-state index in [1.165, 1.54) is 4.68 Å². The Morgan fingerprint density at radius 2 is 2.04 bits per heavy atom. The summed E-state index contributed by atoms with van der Waals surface area (Å²) in [5, 5.41) is 7.30. The van der Waals surface area contributed by atoms with E-state index >= 15 is 0 Å². The lowest BCUT2D eigenvalue weighted by molar-refractivity contribution is 0.0952. The highest BCUT2D eigenvalue weighted by atomic mass is 16.5. The third-order valence-electron chi connectivity index (χ3n) is 4.75. The Morgan fingerprint density at radius 3 is 2.78 bits per heavy atom. The van der Waals surface area contributed by atoms with Crippen LogP contribution in [0.5, 0.6) is 5.75 Å². The smallest absolute Gasteiger partial charge is 0.345 e. The number of carbonyl (C=O) groups excluding carboxylic acids is 1. The number of aromatic nitrogens is 3. The van der Waals surface area contributed by atoms with Crippen LogP contribution in [0, 0.1) is 0 Å². The Hall–Kier alpha value is -2.57. The van der Waals surface area contributed by atoms with E-state index in [9.17, 15) is 9.59 Å². The topological polar surface area (TPSA) is 78.2 Å². The normalized spacial score (nSPS) is 13.2. The quantitative estimate of drug-likeness (QED) is 0.686. The number of aryl methyl sites for hydroxylation is 2. The highest BCUT2D eigenvalue weighted by Crippen LogP contribution is 2.13. The summed E-state index contributed by atoms with van der Waals surface area (Å²) in [6, 6.07) is 7.18. The van der Waals surface area contributed by atoms with Crippen LogP contribution in [-0.2, 0) is 19.5 Å². The van der Waals surface area contributed by atoms with Crippen LogP contribution in [0.25, 0.3) is 0 Å². The molecule has 0 spiro atoms. The van der Waals surface area contributed by atoms with E-state index in [0.29, 0.717) is 31.7 Å². The van der Waals surface area contributed by atoms with Crippen molar-refractivity contribution in [1.82, 2.24) is 19.7 Å². The molecule has 0 aliphatic carbocycles. The van der Waals surface area contributed by atoms with Crippen molar-refractivity contribution >= 4 is 5.91 Å². The van der Waals surface area contributed by atoms with Gasteiger partial charge in [0.15, 0.2) is 0 Å². The minimum atomic E-state index is -0.119. The highest BCUT2D eigenvalue weighted by Gasteiger charge is 2.16. The predicted molar refractivity (Wildman–Crippen MR) is 103 cm³/mol. The second-order valence-electron chi connectivity index (χ2n) is 6.87. The van der Waals surface area contributed by atoms with Crippen molar-refractivity contribution < 1.29 is 9.53 Å². The molecule has 1 aromatic carbocycles. The van der Waals surface area contributed by atoms with Gasteiger partial charge in [0.1, 0.15) is 11.6 Å². The maximum absolute atomic E-state index is 12.3. The summed E-state index contributed by atoms with van der Waals surface area (Å²) in [4.78, 5) is 24.5.